The van der Waals surface area contributed by atoms with Gasteiger partial charge in [0.1, 0.15) is 23.0 Å². The van der Waals surface area contributed by atoms with Crippen LogP contribution in [0.5, 0.6) is 23.0 Å². The molecule has 0 saturated carbocycles. The van der Waals surface area contributed by atoms with E-state index in [4.69, 9.17) is 0 Å². The van der Waals surface area contributed by atoms with Crippen LogP contribution >= 0.6 is 0 Å². The summed E-state index contributed by atoms with van der Waals surface area (Å²) in [6.45, 7) is 4.32. The van der Waals surface area contributed by atoms with Crippen molar-refractivity contribution in [2.45, 2.75) is 51.4 Å². The fourth-order valence-electron chi connectivity index (χ4n) is 4.46. The van der Waals surface area contributed by atoms with Crippen molar-refractivity contribution in [1.29, 1.82) is 0 Å². The number of rotatable bonds is 8. The summed E-state index contributed by atoms with van der Waals surface area (Å²) in [7, 11) is 0. The van der Waals surface area contributed by atoms with Crippen LogP contribution in [-0.4, -0.2) is 20.4 Å². The first-order chi connectivity index (χ1) is 17.4. The van der Waals surface area contributed by atoms with Gasteiger partial charge in [0, 0.05) is 11.8 Å². The van der Waals surface area contributed by atoms with Crippen LogP contribution in [-0.2, 0) is 0 Å². The van der Waals surface area contributed by atoms with Gasteiger partial charge in [0.15, 0.2) is 0 Å². The molecular weight excluding hydrogens is 448 g/mol. The maximum atomic E-state index is 9.34. The minimum Gasteiger partial charge on any atom is -0.508 e. The third-order valence-corrected chi connectivity index (χ3v) is 6.34. The van der Waals surface area contributed by atoms with Crippen molar-refractivity contribution in [1.82, 2.24) is 0 Å². The predicted octanol–water partition coefficient (Wildman–Crippen LogP) is 8.06. The van der Waals surface area contributed by atoms with Gasteiger partial charge in [-0.25, -0.2) is 0 Å². The quantitative estimate of drug-likeness (QED) is 0.204. The van der Waals surface area contributed by atoms with Gasteiger partial charge in [0.2, 0.25) is 0 Å². The van der Waals surface area contributed by atoms with E-state index in [1.54, 1.807) is 48.5 Å². The van der Waals surface area contributed by atoms with Crippen LogP contribution < -0.4 is 0 Å². The summed E-state index contributed by atoms with van der Waals surface area (Å²) in [5.74, 6) is 1.80. The number of benzene rings is 4. The van der Waals surface area contributed by atoms with E-state index >= 15 is 0 Å². The second kappa shape index (κ2) is 13.2. The zero-order valence-electron chi connectivity index (χ0n) is 21.0. The Kier molecular flexibility index (Phi) is 9.82. The molecule has 0 aliphatic rings. The Bertz CT molecular complexity index is 977. The average molecular weight is 485 g/mol. The van der Waals surface area contributed by atoms with Crippen LogP contribution in [0.25, 0.3) is 0 Å². The summed E-state index contributed by atoms with van der Waals surface area (Å²) < 4.78 is 0. The molecule has 0 amide bonds. The Morgan fingerprint density at radius 1 is 0.389 bits per heavy atom. The molecule has 4 heteroatoms. The molecule has 188 valence electrons. The summed E-state index contributed by atoms with van der Waals surface area (Å²) in [6.07, 6.45) is 4.28. The van der Waals surface area contributed by atoms with Gasteiger partial charge in [-0.05, 0) is 83.6 Å². The maximum absolute atomic E-state index is 9.34. The van der Waals surface area contributed by atoms with Crippen LogP contribution in [0.1, 0.15) is 73.6 Å². The Balaban J connectivity index is 0.000000201. The maximum Gasteiger partial charge on any atom is 0.115 e. The minimum absolute atomic E-state index is 0.291. The van der Waals surface area contributed by atoms with E-state index in [0.29, 0.717) is 34.8 Å². The topological polar surface area (TPSA) is 80.9 Å². The average Bonchev–Trinajstić information content (AvgIpc) is 2.89. The lowest BCUT2D eigenvalue weighted by atomic mass is 9.87. The van der Waals surface area contributed by atoms with Crippen LogP contribution in [0.2, 0.25) is 0 Å². The van der Waals surface area contributed by atoms with Gasteiger partial charge in [-0.2, -0.15) is 0 Å². The van der Waals surface area contributed by atoms with Crippen molar-refractivity contribution >= 4 is 0 Å². The normalized spacial score (nSPS) is 10.8. The monoisotopic (exact) mass is 484 g/mol. The highest BCUT2D eigenvalue weighted by Gasteiger charge is 2.14. The molecule has 0 radical (unpaired) electrons. The summed E-state index contributed by atoms with van der Waals surface area (Å²) in [4.78, 5) is 0. The van der Waals surface area contributed by atoms with E-state index in [-0.39, 0.29) is 0 Å². The molecule has 0 aliphatic carbocycles. The Labute approximate surface area is 214 Å². The number of hydrogen-bond donors (Lipinski definition) is 4. The van der Waals surface area contributed by atoms with Gasteiger partial charge in [-0.1, -0.05) is 75.2 Å². The first-order valence-corrected chi connectivity index (χ1v) is 12.6. The molecular formula is C32H36O4. The standard InChI is InChI=1S/2C16H18O2/c2*1-2-3-16(12-4-8-14(17)9-5-12)13-6-10-15(18)11-7-13/h2*4-11,16-18H,2-3H2,1H3. The zero-order valence-corrected chi connectivity index (χ0v) is 21.0. The highest BCUT2D eigenvalue weighted by molar-refractivity contribution is 5.38. The molecule has 4 aromatic carbocycles. The lowest BCUT2D eigenvalue weighted by molar-refractivity contribution is 0.473. The Morgan fingerprint density at radius 3 is 0.750 bits per heavy atom. The van der Waals surface area contributed by atoms with Gasteiger partial charge in [-0.15, -0.1) is 0 Å². The first-order valence-electron chi connectivity index (χ1n) is 12.6. The van der Waals surface area contributed by atoms with Crippen molar-refractivity contribution in [2.24, 2.45) is 0 Å². The molecule has 0 bridgehead atoms. The lowest BCUT2D eigenvalue weighted by Crippen LogP contribution is -2.00. The van der Waals surface area contributed by atoms with Gasteiger partial charge in [0.25, 0.3) is 0 Å². The predicted molar refractivity (Wildman–Crippen MR) is 146 cm³/mol. The third-order valence-electron chi connectivity index (χ3n) is 6.34. The first kappa shape index (κ1) is 26.7. The second-order valence-electron chi connectivity index (χ2n) is 9.05. The zero-order chi connectivity index (χ0) is 25.9. The van der Waals surface area contributed by atoms with E-state index in [0.717, 1.165) is 25.7 Å². The fourth-order valence-corrected chi connectivity index (χ4v) is 4.46. The Hall–Kier alpha value is -3.92. The van der Waals surface area contributed by atoms with Crippen molar-refractivity contribution in [2.75, 3.05) is 0 Å². The molecule has 0 aromatic heterocycles. The number of aromatic hydroxyl groups is 4. The van der Waals surface area contributed by atoms with E-state index < -0.39 is 0 Å². The molecule has 0 unspecified atom stereocenters. The van der Waals surface area contributed by atoms with E-state index in [1.165, 1.54) is 22.3 Å². The molecule has 4 aromatic rings. The largest absolute Gasteiger partial charge is 0.508 e. The molecule has 0 heterocycles. The van der Waals surface area contributed by atoms with E-state index in [1.807, 2.05) is 48.5 Å². The summed E-state index contributed by atoms with van der Waals surface area (Å²) in [6, 6.07) is 29.5. The molecule has 36 heavy (non-hydrogen) atoms. The SMILES string of the molecule is CCCC(c1ccc(O)cc1)c1ccc(O)cc1.CCCC(c1ccc(O)cc1)c1ccc(O)cc1. The van der Waals surface area contributed by atoms with Crippen molar-refractivity contribution < 1.29 is 20.4 Å². The van der Waals surface area contributed by atoms with Crippen LogP contribution in [0.15, 0.2) is 97.1 Å². The van der Waals surface area contributed by atoms with Crippen LogP contribution in [0, 0.1) is 0 Å². The van der Waals surface area contributed by atoms with Gasteiger partial charge >= 0.3 is 0 Å². The molecule has 0 aliphatic heterocycles. The third kappa shape index (κ3) is 7.54. The molecule has 0 fully saturated rings. The summed E-state index contributed by atoms with van der Waals surface area (Å²) in [5, 5.41) is 37.4. The van der Waals surface area contributed by atoms with E-state index in [2.05, 4.69) is 13.8 Å². The number of hydrogen-bond acceptors (Lipinski definition) is 4. The van der Waals surface area contributed by atoms with Gasteiger partial charge in [0.05, 0.1) is 0 Å². The molecule has 0 spiro atoms. The molecule has 4 rings (SSSR count). The Morgan fingerprint density at radius 2 is 0.583 bits per heavy atom. The summed E-state index contributed by atoms with van der Waals surface area (Å²) >= 11 is 0. The minimum atomic E-state index is 0.291. The molecule has 0 atom stereocenters. The van der Waals surface area contributed by atoms with Crippen LogP contribution in [0.4, 0.5) is 0 Å². The van der Waals surface area contributed by atoms with E-state index in [9.17, 15) is 20.4 Å². The van der Waals surface area contributed by atoms with Crippen LogP contribution in [0.3, 0.4) is 0 Å². The number of phenolic OH excluding ortho intramolecular Hbond substituents is 4. The molecule has 4 nitrogen and oxygen atoms in total. The molecule has 0 saturated heterocycles. The molecule has 4 N–H and O–H groups in total. The van der Waals surface area contributed by atoms with Crippen molar-refractivity contribution in [3.05, 3.63) is 119 Å². The number of phenols is 4. The second-order valence-corrected chi connectivity index (χ2v) is 9.05. The van der Waals surface area contributed by atoms with Crippen molar-refractivity contribution in [3.63, 3.8) is 0 Å². The summed E-state index contributed by atoms with van der Waals surface area (Å²) in [5.41, 5.74) is 4.78. The lowest BCUT2D eigenvalue weighted by Gasteiger charge is -2.17. The fraction of sp³-hybridized carbons (Fsp3) is 0.250. The highest BCUT2D eigenvalue weighted by atomic mass is 16.3. The highest BCUT2D eigenvalue weighted by Crippen LogP contribution is 2.32. The van der Waals surface area contributed by atoms with Gasteiger partial charge < -0.3 is 20.4 Å². The van der Waals surface area contributed by atoms with Crippen molar-refractivity contribution in [3.8, 4) is 23.0 Å². The smallest absolute Gasteiger partial charge is 0.115 e. The van der Waals surface area contributed by atoms with Gasteiger partial charge in [-0.3, -0.25) is 0 Å².